The molecular formula is C25H28N2O5. The number of carbonyl (C=O) groups is 3. The van der Waals surface area contributed by atoms with Crippen LogP contribution in [-0.4, -0.2) is 60.1 Å². The van der Waals surface area contributed by atoms with E-state index in [0.717, 1.165) is 11.1 Å². The first kappa shape index (κ1) is 22.0. The summed E-state index contributed by atoms with van der Waals surface area (Å²) in [6, 6.07) is 19.2. The number of hydrogen-bond donors (Lipinski definition) is 0. The third-order valence-corrected chi connectivity index (χ3v) is 6.06. The molecule has 2 aliphatic heterocycles. The van der Waals surface area contributed by atoms with Crippen molar-refractivity contribution < 1.29 is 23.9 Å². The number of imide groups is 1. The first-order chi connectivity index (χ1) is 15.6. The Morgan fingerprint density at radius 2 is 1.59 bits per heavy atom. The Morgan fingerprint density at radius 3 is 2.25 bits per heavy atom. The number of nitrogens with zero attached hydrogens (tertiary/aromatic N) is 2. The maximum Gasteiger partial charge on any atom is 0.416 e. The quantitative estimate of drug-likeness (QED) is 0.622. The smallest absolute Gasteiger partial charge is 0.416 e. The van der Waals surface area contributed by atoms with E-state index in [1.807, 2.05) is 60.7 Å². The fraction of sp³-hybridized carbons (Fsp3) is 0.400. The molecule has 0 aliphatic carbocycles. The molecule has 3 atom stereocenters. The predicted molar refractivity (Wildman–Crippen MR) is 117 cm³/mol. The highest BCUT2D eigenvalue weighted by molar-refractivity contribution is 5.97. The number of rotatable bonds is 7. The second kappa shape index (κ2) is 9.96. The van der Waals surface area contributed by atoms with Gasteiger partial charge in [-0.05, 0) is 24.5 Å². The molecule has 7 heteroatoms. The lowest BCUT2D eigenvalue weighted by atomic mass is 9.93. The van der Waals surface area contributed by atoms with Crippen molar-refractivity contribution in [2.24, 2.45) is 11.8 Å². The van der Waals surface area contributed by atoms with Gasteiger partial charge in [0.15, 0.2) is 0 Å². The van der Waals surface area contributed by atoms with Crippen LogP contribution in [-0.2, 0) is 32.0 Å². The molecule has 0 N–H and O–H groups in total. The zero-order chi connectivity index (χ0) is 22.5. The van der Waals surface area contributed by atoms with Crippen LogP contribution >= 0.6 is 0 Å². The Kier molecular flexibility index (Phi) is 6.85. The summed E-state index contributed by atoms with van der Waals surface area (Å²) in [6.45, 7) is 3.58. The molecule has 0 saturated carbocycles. The van der Waals surface area contributed by atoms with Crippen LogP contribution in [0.25, 0.3) is 0 Å². The molecule has 2 saturated heterocycles. The number of amides is 2. The van der Waals surface area contributed by atoms with Gasteiger partial charge in [-0.25, -0.2) is 9.69 Å². The van der Waals surface area contributed by atoms with E-state index >= 15 is 0 Å². The van der Waals surface area contributed by atoms with Crippen LogP contribution in [0.3, 0.4) is 0 Å². The van der Waals surface area contributed by atoms with Crippen LogP contribution in [0, 0.1) is 11.8 Å². The van der Waals surface area contributed by atoms with Crippen molar-refractivity contribution in [2.75, 3.05) is 26.3 Å². The molecule has 168 valence electrons. The maximum absolute atomic E-state index is 13.6. The number of carbonyl (C=O) groups excluding carboxylic acids is 3. The van der Waals surface area contributed by atoms with Gasteiger partial charge in [0.05, 0.1) is 24.5 Å². The van der Waals surface area contributed by atoms with Crippen LogP contribution in [0.15, 0.2) is 60.7 Å². The number of benzene rings is 2. The minimum absolute atomic E-state index is 0.157. The lowest BCUT2D eigenvalue weighted by Gasteiger charge is -2.25. The molecular weight excluding hydrogens is 408 g/mol. The minimum atomic E-state index is -0.651. The van der Waals surface area contributed by atoms with Crippen molar-refractivity contribution >= 4 is 18.0 Å². The van der Waals surface area contributed by atoms with E-state index in [0.29, 0.717) is 26.1 Å². The zero-order valence-electron chi connectivity index (χ0n) is 18.2. The SMILES string of the molecule is CCOC(=O)[C@H]1CN(Cc2ccccc2)C[C@@H]1C(=O)N1C(=O)OC[C@@H]1Cc1ccccc1. The molecule has 7 nitrogen and oxygen atoms in total. The van der Waals surface area contributed by atoms with E-state index < -0.39 is 23.9 Å². The average molecular weight is 437 g/mol. The molecule has 2 amide bonds. The van der Waals surface area contributed by atoms with Gasteiger partial charge in [-0.2, -0.15) is 0 Å². The Balaban J connectivity index is 1.52. The van der Waals surface area contributed by atoms with Crippen molar-refractivity contribution in [3.05, 3.63) is 71.8 Å². The normalized spacial score (nSPS) is 23.2. The van der Waals surface area contributed by atoms with E-state index in [9.17, 15) is 14.4 Å². The highest BCUT2D eigenvalue weighted by Gasteiger charge is 2.48. The Morgan fingerprint density at radius 1 is 0.969 bits per heavy atom. The second-order valence-corrected chi connectivity index (χ2v) is 8.27. The fourth-order valence-corrected chi connectivity index (χ4v) is 4.54. The topological polar surface area (TPSA) is 76.2 Å². The van der Waals surface area contributed by atoms with Crippen LogP contribution < -0.4 is 0 Å². The number of hydrogen-bond acceptors (Lipinski definition) is 6. The van der Waals surface area contributed by atoms with Crippen LogP contribution in [0.2, 0.25) is 0 Å². The molecule has 2 aliphatic rings. The average Bonchev–Trinajstić information content (AvgIpc) is 3.38. The van der Waals surface area contributed by atoms with Gasteiger partial charge in [0, 0.05) is 19.6 Å². The van der Waals surface area contributed by atoms with Gasteiger partial charge in [-0.1, -0.05) is 60.7 Å². The monoisotopic (exact) mass is 436 g/mol. The first-order valence-electron chi connectivity index (χ1n) is 11.0. The molecule has 0 unspecified atom stereocenters. The number of ether oxygens (including phenoxy) is 2. The van der Waals surface area contributed by atoms with Gasteiger partial charge in [-0.3, -0.25) is 14.5 Å². The molecule has 32 heavy (non-hydrogen) atoms. The van der Waals surface area contributed by atoms with Crippen LogP contribution in [0.1, 0.15) is 18.1 Å². The standard InChI is InChI=1S/C25H28N2O5/c1-2-31-24(29)22-16-26(14-19-11-7-4-8-12-19)15-21(22)23(28)27-20(17-32-25(27)30)13-18-9-5-3-6-10-18/h3-12,20-22H,2,13-17H2,1H3/t20-,21-,22-/m0/s1. The second-order valence-electron chi connectivity index (χ2n) is 8.27. The highest BCUT2D eigenvalue weighted by atomic mass is 16.6. The van der Waals surface area contributed by atoms with E-state index in [-0.39, 0.29) is 25.2 Å². The summed E-state index contributed by atoms with van der Waals surface area (Å²) in [6.07, 6.45) is -0.122. The molecule has 2 aromatic rings. The molecule has 0 aromatic heterocycles. The first-order valence-corrected chi connectivity index (χ1v) is 11.0. The molecule has 2 aromatic carbocycles. The van der Waals surface area contributed by atoms with Crippen molar-refractivity contribution in [3.8, 4) is 0 Å². The summed E-state index contributed by atoms with van der Waals surface area (Å²) < 4.78 is 10.5. The molecule has 0 bridgehead atoms. The summed E-state index contributed by atoms with van der Waals surface area (Å²) in [4.78, 5) is 42.1. The fourth-order valence-electron chi connectivity index (χ4n) is 4.54. The van der Waals surface area contributed by atoms with Crippen LogP contribution in [0.4, 0.5) is 4.79 Å². The molecule has 0 spiro atoms. The van der Waals surface area contributed by atoms with Gasteiger partial charge >= 0.3 is 12.1 Å². The molecule has 2 fully saturated rings. The Bertz CT molecular complexity index is 949. The molecule has 2 heterocycles. The third kappa shape index (κ3) is 4.83. The lowest BCUT2D eigenvalue weighted by molar-refractivity contribution is -0.152. The van der Waals surface area contributed by atoms with Crippen molar-refractivity contribution in [2.45, 2.75) is 25.9 Å². The van der Waals surface area contributed by atoms with E-state index in [2.05, 4.69) is 4.90 Å². The summed E-state index contributed by atoms with van der Waals surface area (Å²) in [5.74, 6) is -2.02. The maximum atomic E-state index is 13.6. The van der Waals surface area contributed by atoms with E-state index in [1.54, 1.807) is 6.92 Å². The van der Waals surface area contributed by atoms with Gasteiger partial charge in [0.2, 0.25) is 5.91 Å². The van der Waals surface area contributed by atoms with Gasteiger partial charge in [0.1, 0.15) is 6.61 Å². The summed E-state index contributed by atoms with van der Waals surface area (Å²) >= 11 is 0. The van der Waals surface area contributed by atoms with Gasteiger partial charge in [-0.15, -0.1) is 0 Å². The molecule has 0 radical (unpaired) electrons. The molecule has 4 rings (SSSR count). The van der Waals surface area contributed by atoms with E-state index in [1.165, 1.54) is 4.90 Å². The lowest BCUT2D eigenvalue weighted by Crippen LogP contribution is -2.46. The van der Waals surface area contributed by atoms with Crippen molar-refractivity contribution in [1.82, 2.24) is 9.80 Å². The number of likely N-dealkylation sites (tertiary alicyclic amines) is 1. The Hall–Kier alpha value is -3.19. The highest BCUT2D eigenvalue weighted by Crippen LogP contribution is 2.30. The van der Waals surface area contributed by atoms with Gasteiger partial charge < -0.3 is 9.47 Å². The Labute approximate surface area is 187 Å². The summed E-state index contributed by atoms with van der Waals surface area (Å²) in [5.41, 5.74) is 2.12. The predicted octanol–water partition coefficient (Wildman–Crippen LogP) is 2.89. The largest absolute Gasteiger partial charge is 0.466 e. The van der Waals surface area contributed by atoms with Gasteiger partial charge in [0.25, 0.3) is 0 Å². The minimum Gasteiger partial charge on any atom is -0.466 e. The summed E-state index contributed by atoms with van der Waals surface area (Å²) in [5, 5.41) is 0. The zero-order valence-corrected chi connectivity index (χ0v) is 18.2. The number of cyclic esters (lactones) is 1. The number of esters is 1. The third-order valence-electron chi connectivity index (χ3n) is 6.06. The summed E-state index contributed by atoms with van der Waals surface area (Å²) in [7, 11) is 0. The van der Waals surface area contributed by atoms with Crippen molar-refractivity contribution in [1.29, 1.82) is 0 Å². The van der Waals surface area contributed by atoms with Crippen LogP contribution in [0.5, 0.6) is 0 Å². The van der Waals surface area contributed by atoms with Crippen molar-refractivity contribution in [3.63, 3.8) is 0 Å². The van der Waals surface area contributed by atoms with E-state index in [4.69, 9.17) is 9.47 Å².